The zero-order valence-corrected chi connectivity index (χ0v) is 13.3. The van der Waals surface area contributed by atoms with Crippen molar-refractivity contribution in [2.24, 2.45) is 10.9 Å². The molecule has 3 heterocycles. The Labute approximate surface area is 137 Å². The smallest absolute Gasteiger partial charge is 0.225 e. The minimum atomic E-state index is -0.401. The van der Waals surface area contributed by atoms with Crippen LogP contribution in [0.5, 0.6) is 0 Å². The largest absolute Gasteiger partial charge is 0.320 e. The van der Waals surface area contributed by atoms with Gasteiger partial charge in [0.05, 0.1) is 16.5 Å². The molecule has 0 saturated heterocycles. The first-order valence-corrected chi connectivity index (χ1v) is 8.57. The number of halogens is 1. The van der Waals surface area contributed by atoms with Crippen molar-refractivity contribution in [2.75, 3.05) is 0 Å². The van der Waals surface area contributed by atoms with Gasteiger partial charge in [-0.05, 0) is 37.1 Å². The van der Waals surface area contributed by atoms with E-state index in [9.17, 15) is 4.79 Å². The number of rotatable bonds is 4. The molecule has 1 fully saturated rings. The Morgan fingerprint density at radius 1 is 1.50 bits per heavy atom. The van der Waals surface area contributed by atoms with Crippen molar-refractivity contribution in [3.63, 3.8) is 0 Å². The average Bonchev–Trinajstić information content (AvgIpc) is 3.13. The second-order valence-electron chi connectivity index (χ2n) is 5.45. The summed E-state index contributed by atoms with van der Waals surface area (Å²) in [6, 6.07) is 4.09. The molecule has 114 valence electrons. The summed E-state index contributed by atoms with van der Waals surface area (Å²) in [5, 5.41) is 4.85. The van der Waals surface area contributed by atoms with Gasteiger partial charge >= 0.3 is 0 Å². The summed E-state index contributed by atoms with van der Waals surface area (Å²) in [5.41, 5.74) is 4.25. The molecule has 1 aromatic heterocycles. The third kappa shape index (κ3) is 2.58. The van der Waals surface area contributed by atoms with Crippen LogP contribution < -0.4 is 10.7 Å². The lowest BCUT2D eigenvalue weighted by atomic mass is 10.2. The first-order valence-electron chi connectivity index (χ1n) is 7.22. The molecule has 1 atom stereocenters. The van der Waals surface area contributed by atoms with Crippen LogP contribution in [0.1, 0.15) is 22.6 Å². The van der Waals surface area contributed by atoms with E-state index in [1.54, 1.807) is 11.3 Å². The Hall–Kier alpha value is -1.63. The van der Waals surface area contributed by atoms with Gasteiger partial charge in [-0.25, -0.2) is 4.99 Å². The molecule has 2 N–H and O–H groups in total. The minimum absolute atomic E-state index is 0.0803. The zero-order chi connectivity index (χ0) is 15.1. The van der Waals surface area contributed by atoms with Crippen LogP contribution in [0.3, 0.4) is 0 Å². The van der Waals surface area contributed by atoms with Crippen molar-refractivity contribution in [3.8, 4) is 0 Å². The van der Waals surface area contributed by atoms with E-state index in [2.05, 4.69) is 21.8 Å². The fraction of sp³-hybridized carbons (Fsp3) is 0.333. The Balaban J connectivity index is 1.52. The molecule has 1 saturated carbocycles. The summed E-state index contributed by atoms with van der Waals surface area (Å²) in [7, 11) is 0. The number of alkyl halides is 1. The SMILES string of the molecule is O=C(NC1N=C2C=CC=C(c3ccc(CCl)s3)N2N1)C1CC1. The van der Waals surface area contributed by atoms with E-state index in [0.29, 0.717) is 5.88 Å². The van der Waals surface area contributed by atoms with E-state index in [-0.39, 0.29) is 11.8 Å². The van der Waals surface area contributed by atoms with Gasteiger partial charge in [-0.15, -0.1) is 22.9 Å². The molecule has 4 rings (SSSR count). The van der Waals surface area contributed by atoms with Crippen molar-refractivity contribution in [2.45, 2.75) is 25.0 Å². The van der Waals surface area contributed by atoms with Crippen LogP contribution in [0.25, 0.3) is 5.70 Å². The normalized spacial score (nSPS) is 23.1. The van der Waals surface area contributed by atoms with Gasteiger partial charge in [0.1, 0.15) is 5.84 Å². The molecular weight excluding hydrogens is 320 g/mol. The average molecular weight is 335 g/mol. The molecule has 0 aromatic carbocycles. The summed E-state index contributed by atoms with van der Waals surface area (Å²) in [4.78, 5) is 18.6. The molecule has 22 heavy (non-hydrogen) atoms. The van der Waals surface area contributed by atoms with Gasteiger partial charge in [0.25, 0.3) is 0 Å². The van der Waals surface area contributed by atoms with Gasteiger partial charge in [0, 0.05) is 10.8 Å². The molecule has 0 radical (unpaired) electrons. The Bertz CT molecular complexity index is 704. The third-order valence-corrected chi connectivity index (χ3v) is 5.31. The van der Waals surface area contributed by atoms with Crippen LogP contribution in [0.4, 0.5) is 0 Å². The molecule has 1 amide bonds. The lowest BCUT2D eigenvalue weighted by molar-refractivity contribution is -0.123. The van der Waals surface area contributed by atoms with Crippen molar-refractivity contribution >= 4 is 40.4 Å². The highest BCUT2D eigenvalue weighted by atomic mass is 35.5. The number of amides is 1. The van der Waals surface area contributed by atoms with Crippen LogP contribution >= 0.6 is 22.9 Å². The number of aliphatic imine (C=N–C) groups is 1. The third-order valence-electron chi connectivity index (χ3n) is 3.76. The molecule has 0 spiro atoms. The quantitative estimate of drug-likeness (QED) is 0.831. The number of nitrogens with zero attached hydrogens (tertiary/aromatic N) is 2. The van der Waals surface area contributed by atoms with Crippen LogP contribution in [0, 0.1) is 5.92 Å². The van der Waals surface area contributed by atoms with Crippen LogP contribution in [-0.4, -0.2) is 23.0 Å². The summed E-state index contributed by atoms with van der Waals surface area (Å²) >= 11 is 7.54. The number of carbonyl (C=O) groups is 1. The van der Waals surface area contributed by atoms with E-state index >= 15 is 0 Å². The number of allylic oxidation sites excluding steroid dienone is 2. The summed E-state index contributed by atoms with van der Waals surface area (Å²) < 4.78 is 0. The second-order valence-corrected chi connectivity index (χ2v) is 6.88. The summed E-state index contributed by atoms with van der Waals surface area (Å²) in [6.07, 6.45) is 7.50. The fourth-order valence-electron chi connectivity index (χ4n) is 2.46. The number of hydrogen-bond acceptors (Lipinski definition) is 5. The van der Waals surface area contributed by atoms with Gasteiger partial charge < -0.3 is 5.32 Å². The van der Waals surface area contributed by atoms with Crippen LogP contribution in [0.2, 0.25) is 0 Å². The Morgan fingerprint density at radius 2 is 2.36 bits per heavy atom. The van der Waals surface area contributed by atoms with Crippen LogP contribution in [0.15, 0.2) is 35.4 Å². The molecular formula is C15H15ClN4OS. The standard InChI is InChI=1S/C15H15ClN4OS/c16-8-10-6-7-12(22-10)11-2-1-3-13-17-15(19-20(11)13)18-14(21)9-4-5-9/h1-3,6-7,9,15,19H,4-5,8H2,(H,18,21). The van der Waals surface area contributed by atoms with Crippen molar-refractivity contribution in [3.05, 3.63) is 40.1 Å². The monoisotopic (exact) mass is 334 g/mol. The highest BCUT2D eigenvalue weighted by Crippen LogP contribution is 2.31. The summed E-state index contributed by atoms with van der Waals surface area (Å²) in [6.45, 7) is 0. The minimum Gasteiger partial charge on any atom is -0.320 e. The van der Waals surface area contributed by atoms with E-state index in [1.807, 2.05) is 29.3 Å². The lowest BCUT2D eigenvalue weighted by Gasteiger charge is -2.24. The second kappa shape index (κ2) is 5.53. The highest BCUT2D eigenvalue weighted by molar-refractivity contribution is 7.13. The van der Waals surface area contributed by atoms with Gasteiger partial charge in [0.2, 0.25) is 5.91 Å². The molecule has 1 unspecified atom stereocenters. The zero-order valence-electron chi connectivity index (χ0n) is 11.8. The van der Waals surface area contributed by atoms with E-state index in [1.165, 1.54) is 0 Å². The number of fused-ring (bicyclic) bond motifs is 1. The molecule has 0 bridgehead atoms. The number of carbonyl (C=O) groups excluding carboxylic acids is 1. The van der Waals surface area contributed by atoms with Crippen molar-refractivity contribution < 1.29 is 4.79 Å². The van der Waals surface area contributed by atoms with Gasteiger partial charge in [0.15, 0.2) is 6.29 Å². The molecule has 3 aliphatic rings. The maximum Gasteiger partial charge on any atom is 0.225 e. The molecule has 1 aromatic rings. The first kappa shape index (κ1) is 14.0. The molecule has 7 heteroatoms. The predicted octanol–water partition coefficient (Wildman–Crippen LogP) is 2.43. The molecule has 2 aliphatic heterocycles. The Morgan fingerprint density at radius 3 is 3.09 bits per heavy atom. The van der Waals surface area contributed by atoms with Crippen molar-refractivity contribution in [1.82, 2.24) is 15.8 Å². The number of hydrazine groups is 1. The number of nitrogens with one attached hydrogen (secondary N) is 2. The van der Waals surface area contributed by atoms with E-state index < -0.39 is 6.29 Å². The maximum absolute atomic E-state index is 11.9. The molecule has 5 nitrogen and oxygen atoms in total. The number of hydrogen-bond donors (Lipinski definition) is 2. The highest BCUT2D eigenvalue weighted by Gasteiger charge is 2.34. The fourth-order valence-corrected chi connectivity index (χ4v) is 3.59. The Kier molecular flexibility index (Phi) is 3.52. The molecule has 1 aliphatic carbocycles. The van der Waals surface area contributed by atoms with Crippen LogP contribution in [-0.2, 0) is 10.7 Å². The number of thiophene rings is 1. The topological polar surface area (TPSA) is 56.7 Å². The first-order chi connectivity index (χ1) is 10.7. The van der Waals surface area contributed by atoms with Gasteiger partial charge in [-0.1, -0.05) is 6.08 Å². The van der Waals surface area contributed by atoms with E-state index in [4.69, 9.17) is 11.6 Å². The van der Waals surface area contributed by atoms with Crippen molar-refractivity contribution in [1.29, 1.82) is 0 Å². The van der Waals surface area contributed by atoms with Gasteiger partial charge in [-0.2, -0.15) is 5.43 Å². The van der Waals surface area contributed by atoms with Gasteiger partial charge in [-0.3, -0.25) is 9.80 Å². The maximum atomic E-state index is 11.9. The lowest BCUT2D eigenvalue weighted by Crippen LogP contribution is -2.47. The summed E-state index contributed by atoms with van der Waals surface area (Å²) in [5.74, 6) is 1.58. The predicted molar refractivity (Wildman–Crippen MR) is 88.1 cm³/mol. The number of amidine groups is 1. The van der Waals surface area contributed by atoms with E-state index in [0.717, 1.165) is 34.1 Å².